The van der Waals surface area contributed by atoms with Gasteiger partial charge in [-0.2, -0.15) is 13.2 Å². The molecule has 1 unspecified atom stereocenters. The van der Waals surface area contributed by atoms with E-state index in [2.05, 4.69) is 0 Å². The highest BCUT2D eigenvalue weighted by Crippen LogP contribution is 2.43. The van der Waals surface area contributed by atoms with Crippen molar-refractivity contribution in [1.82, 2.24) is 4.90 Å². The molecule has 1 saturated heterocycles. The van der Waals surface area contributed by atoms with Crippen LogP contribution in [-0.4, -0.2) is 62.4 Å². The van der Waals surface area contributed by atoms with E-state index in [0.717, 1.165) is 40.7 Å². The molecule has 1 fully saturated rings. The third kappa shape index (κ3) is 5.10. The molecule has 2 heterocycles. The van der Waals surface area contributed by atoms with Crippen molar-refractivity contribution < 1.29 is 40.3 Å². The third-order valence-electron chi connectivity index (χ3n) is 7.33. The van der Waals surface area contributed by atoms with Crippen molar-refractivity contribution in [3.05, 3.63) is 59.4 Å². The zero-order valence-electron chi connectivity index (χ0n) is 20.5. The van der Waals surface area contributed by atoms with Gasteiger partial charge in [0.1, 0.15) is 5.82 Å². The van der Waals surface area contributed by atoms with Gasteiger partial charge >= 0.3 is 6.18 Å². The maximum absolute atomic E-state index is 13.7. The first-order valence-electron chi connectivity index (χ1n) is 12.0. The minimum atomic E-state index is -4.97. The van der Waals surface area contributed by atoms with Crippen molar-refractivity contribution in [2.24, 2.45) is 11.7 Å². The summed E-state index contributed by atoms with van der Waals surface area (Å²) in [4.78, 5) is 14.2. The number of alkyl halides is 4. The predicted molar refractivity (Wildman–Crippen MR) is 129 cm³/mol. The lowest BCUT2D eigenvalue weighted by atomic mass is 9.89. The van der Waals surface area contributed by atoms with Crippen LogP contribution >= 0.6 is 0 Å². The normalized spacial score (nSPS) is 23.7. The van der Waals surface area contributed by atoms with Crippen molar-refractivity contribution in [1.29, 1.82) is 0 Å². The molecular weight excluding hydrogens is 533 g/mol. The van der Waals surface area contributed by atoms with Crippen LogP contribution in [0.3, 0.4) is 0 Å². The lowest BCUT2D eigenvalue weighted by molar-refractivity contribution is -0.258. The molecule has 4 rings (SSSR count). The highest BCUT2D eigenvalue weighted by molar-refractivity contribution is 7.92. The minimum absolute atomic E-state index is 0.0554. The molecule has 208 valence electrons. The van der Waals surface area contributed by atoms with Gasteiger partial charge in [0.25, 0.3) is 10.0 Å². The molecule has 0 radical (unpaired) electrons. The molecule has 13 heteroatoms. The zero-order chi connectivity index (χ0) is 28.0. The fraction of sp³-hybridized carbons (Fsp3) is 0.480. The summed E-state index contributed by atoms with van der Waals surface area (Å²) in [6, 6.07) is 5.86. The highest BCUT2D eigenvalue weighted by atomic mass is 32.2. The first-order chi connectivity index (χ1) is 17.7. The van der Waals surface area contributed by atoms with Gasteiger partial charge in [0.05, 0.1) is 23.3 Å². The van der Waals surface area contributed by atoms with E-state index in [9.17, 15) is 40.3 Å². The fourth-order valence-corrected chi connectivity index (χ4v) is 6.64. The Labute approximate surface area is 217 Å². The van der Waals surface area contributed by atoms with E-state index >= 15 is 0 Å². The number of nitrogens with two attached hydrogens (primary N) is 1. The van der Waals surface area contributed by atoms with E-state index in [1.165, 1.54) is 11.0 Å². The quantitative estimate of drug-likeness (QED) is 0.527. The second-order valence-corrected chi connectivity index (χ2v) is 11.8. The molecule has 4 atom stereocenters. The molecule has 0 saturated carbocycles. The molecule has 7 nitrogen and oxygen atoms in total. The average Bonchev–Trinajstić information content (AvgIpc) is 3.23. The molecule has 2 aliphatic heterocycles. The Balaban J connectivity index is 1.73. The van der Waals surface area contributed by atoms with Crippen LogP contribution in [0.5, 0.6) is 0 Å². The number of nitrogens with zero attached hydrogens (tertiary/aromatic N) is 2. The van der Waals surface area contributed by atoms with Crippen LogP contribution in [-0.2, 0) is 26.8 Å². The number of aliphatic hydroxyl groups is 1. The Bertz CT molecular complexity index is 1300. The Kier molecular flexibility index (Phi) is 7.49. The predicted octanol–water partition coefficient (Wildman–Crippen LogP) is 3.25. The average molecular weight is 562 g/mol. The van der Waals surface area contributed by atoms with Crippen LogP contribution < -0.4 is 10.0 Å². The van der Waals surface area contributed by atoms with Gasteiger partial charge in [0, 0.05) is 31.5 Å². The lowest BCUT2D eigenvalue weighted by Crippen LogP contribution is -2.47. The maximum Gasteiger partial charge on any atom is 0.421 e. The van der Waals surface area contributed by atoms with E-state index in [4.69, 9.17) is 5.73 Å². The molecule has 3 N–H and O–H groups in total. The Morgan fingerprint density at radius 3 is 2.37 bits per heavy atom. The van der Waals surface area contributed by atoms with E-state index in [0.29, 0.717) is 6.92 Å². The van der Waals surface area contributed by atoms with Crippen molar-refractivity contribution in [2.75, 3.05) is 24.1 Å². The number of anilines is 1. The second-order valence-electron chi connectivity index (χ2n) is 9.94. The monoisotopic (exact) mass is 561 g/mol. The fourth-order valence-electron chi connectivity index (χ4n) is 4.93. The van der Waals surface area contributed by atoms with Crippen molar-refractivity contribution in [3.63, 3.8) is 0 Å². The van der Waals surface area contributed by atoms with Crippen LogP contribution in [0.2, 0.25) is 0 Å². The summed E-state index contributed by atoms with van der Waals surface area (Å²) in [5, 5.41) is 10.1. The standard InChI is InChI=1S/C25H28F5N3O4S/c1-24(35,25(28,29)30)17-3-9-22-15(10-17)2-6-19(11-23(34)32-13-16(12-26)21(31)14-32)33(22)38(36,37)20-7-4-18(27)5-8-20/h3-5,7-10,16,19,21,35H,2,6,11-14,31H2,1H3/t16-,19+,21+,24?/m1/s1. The number of sulfonamides is 1. The number of likely N-dealkylation sites (tertiary alicyclic amines) is 1. The Morgan fingerprint density at radius 2 is 1.79 bits per heavy atom. The summed E-state index contributed by atoms with van der Waals surface area (Å²) >= 11 is 0. The first-order valence-corrected chi connectivity index (χ1v) is 13.4. The van der Waals surface area contributed by atoms with Gasteiger partial charge < -0.3 is 15.7 Å². The van der Waals surface area contributed by atoms with Gasteiger partial charge in [-0.3, -0.25) is 13.5 Å². The van der Waals surface area contributed by atoms with Crippen LogP contribution in [0.25, 0.3) is 0 Å². The van der Waals surface area contributed by atoms with Crippen molar-refractivity contribution in [2.45, 2.75) is 54.9 Å². The number of carbonyl (C=O) groups is 1. The number of rotatable bonds is 6. The number of halogens is 5. The molecular formula is C25H28F5N3O4S. The third-order valence-corrected chi connectivity index (χ3v) is 9.21. The van der Waals surface area contributed by atoms with Gasteiger partial charge in [0.15, 0.2) is 5.60 Å². The topological polar surface area (TPSA) is 104 Å². The summed E-state index contributed by atoms with van der Waals surface area (Å²) in [6.07, 6.45) is -5.02. The van der Waals surface area contributed by atoms with Gasteiger partial charge in [-0.05, 0) is 61.2 Å². The number of hydrogen-bond donors (Lipinski definition) is 2. The van der Waals surface area contributed by atoms with Crippen molar-refractivity contribution in [3.8, 4) is 0 Å². The van der Waals surface area contributed by atoms with Crippen LogP contribution in [0.15, 0.2) is 47.4 Å². The molecule has 0 aromatic heterocycles. The molecule has 0 spiro atoms. The summed E-state index contributed by atoms with van der Waals surface area (Å²) in [5.74, 6) is -1.62. The molecule has 0 bridgehead atoms. The van der Waals surface area contributed by atoms with Gasteiger partial charge in [0.2, 0.25) is 5.91 Å². The van der Waals surface area contributed by atoms with E-state index in [-0.39, 0.29) is 48.5 Å². The van der Waals surface area contributed by atoms with E-state index < -0.39 is 63.8 Å². The summed E-state index contributed by atoms with van der Waals surface area (Å²) in [7, 11) is -4.39. The summed E-state index contributed by atoms with van der Waals surface area (Å²) < 4.78 is 95.5. The van der Waals surface area contributed by atoms with Gasteiger partial charge in [-0.25, -0.2) is 12.8 Å². The lowest BCUT2D eigenvalue weighted by Gasteiger charge is -2.39. The molecule has 2 aliphatic rings. The Morgan fingerprint density at radius 1 is 1.13 bits per heavy atom. The molecule has 2 aromatic rings. The molecule has 0 aliphatic carbocycles. The van der Waals surface area contributed by atoms with Crippen LogP contribution in [0.1, 0.15) is 30.9 Å². The van der Waals surface area contributed by atoms with E-state index in [1.807, 2.05) is 0 Å². The highest BCUT2D eigenvalue weighted by Gasteiger charge is 2.51. The van der Waals surface area contributed by atoms with Crippen LogP contribution in [0.4, 0.5) is 27.6 Å². The Hall–Kier alpha value is -2.77. The molecule has 38 heavy (non-hydrogen) atoms. The molecule has 1 amide bonds. The van der Waals surface area contributed by atoms with Gasteiger partial charge in [-0.1, -0.05) is 12.1 Å². The number of benzene rings is 2. The van der Waals surface area contributed by atoms with Gasteiger partial charge in [-0.15, -0.1) is 0 Å². The first kappa shape index (κ1) is 28.2. The number of hydrogen-bond acceptors (Lipinski definition) is 5. The number of carbonyl (C=O) groups excluding carboxylic acids is 1. The largest absolute Gasteiger partial charge is 0.421 e. The summed E-state index contributed by atoms with van der Waals surface area (Å²) in [6.45, 7) is 0.131. The number of aryl methyl sites for hydroxylation is 1. The number of amides is 1. The summed E-state index contributed by atoms with van der Waals surface area (Å²) in [5.41, 5.74) is 2.57. The smallest absolute Gasteiger partial charge is 0.376 e. The van der Waals surface area contributed by atoms with Crippen molar-refractivity contribution >= 4 is 21.6 Å². The number of fused-ring (bicyclic) bond motifs is 1. The molecule has 2 aromatic carbocycles. The maximum atomic E-state index is 13.7. The zero-order valence-corrected chi connectivity index (χ0v) is 21.3. The van der Waals surface area contributed by atoms with E-state index in [1.54, 1.807) is 0 Å². The SMILES string of the molecule is CC(O)(c1ccc2c(c1)CC[C@@H](CC(=O)N1C[C@@H](CF)[C@@H](N)C1)N2S(=O)(=O)c1ccc(F)cc1)C(F)(F)F. The second kappa shape index (κ2) is 10.1. The van der Waals surface area contributed by atoms with Crippen LogP contribution in [0, 0.1) is 11.7 Å². The minimum Gasteiger partial charge on any atom is -0.376 e.